The molecule has 3 aromatic rings. The highest BCUT2D eigenvalue weighted by Crippen LogP contribution is 2.10. The summed E-state index contributed by atoms with van der Waals surface area (Å²) in [5.74, 6) is 1.34. The van der Waals surface area contributed by atoms with E-state index in [-0.39, 0.29) is 17.9 Å². The SMILES string of the molecule is Cc1nc(SCCNC(=O)CCn2cnc3ccccc3c2=O)n[nH]1. The Balaban J connectivity index is 1.46. The molecule has 9 heteroatoms. The smallest absolute Gasteiger partial charge is 0.261 e. The molecule has 0 unspecified atom stereocenters. The van der Waals surface area contributed by atoms with Crippen molar-refractivity contribution in [3.05, 3.63) is 46.8 Å². The number of rotatable bonds is 7. The van der Waals surface area contributed by atoms with Crippen molar-refractivity contribution in [3.63, 3.8) is 0 Å². The summed E-state index contributed by atoms with van der Waals surface area (Å²) in [5, 5.41) is 10.8. The summed E-state index contributed by atoms with van der Waals surface area (Å²) in [7, 11) is 0. The standard InChI is InChI=1S/C16H18N6O2S/c1-11-19-16(21-20-11)25-9-7-17-14(23)6-8-22-10-18-13-5-3-2-4-12(13)15(22)24/h2-5,10H,6-9H2,1H3,(H,17,23)(H,19,20,21). The second kappa shape index (κ2) is 7.93. The van der Waals surface area contributed by atoms with Crippen LogP contribution in [0.4, 0.5) is 0 Å². The van der Waals surface area contributed by atoms with Gasteiger partial charge in [0.25, 0.3) is 5.56 Å². The van der Waals surface area contributed by atoms with Crippen molar-refractivity contribution in [1.82, 2.24) is 30.0 Å². The van der Waals surface area contributed by atoms with Crippen LogP contribution in [0.1, 0.15) is 12.2 Å². The van der Waals surface area contributed by atoms with Crippen molar-refractivity contribution in [2.75, 3.05) is 12.3 Å². The lowest BCUT2D eigenvalue weighted by atomic mass is 10.2. The maximum atomic E-state index is 12.3. The lowest BCUT2D eigenvalue weighted by molar-refractivity contribution is -0.121. The van der Waals surface area contributed by atoms with Crippen LogP contribution < -0.4 is 10.9 Å². The molecule has 2 N–H and O–H groups in total. The quantitative estimate of drug-likeness (QED) is 0.484. The molecule has 0 bridgehead atoms. The summed E-state index contributed by atoms with van der Waals surface area (Å²) in [4.78, 5) is 32.7. The monoisotopic (exact) mass is 358 g/mol. The lowest BCUT2D eigenvalue weighted by Crippen LogP contribution is -2.29. The Morgan fingerprint density at radius 3 is 3.00 bits per heavy atom. The summed E-state index contributed by atoms with van der Waals surface area (Å²) in [5.41, 5.74) is 0.529. The average Bonchev–Trinajstić information content (AvgIpc) is 3.04. The minimum Gasteiger partial charge on any atom is -0.355 e. The van der Waals surface area contributed by atoms with Gasteiger partial charge in [0.05, 0.1) is 17.2 Å². The van der Waals surface area contributed by atoms with Crippen LogP contribution in [0.5, 0.6) is 0 Å². The Hall–Kier alpha value is -2.68. The zero-order valence-electron chi connectivity index (χ0n) is 13.7. The largest absolute Gasteiger partial charge is 0.355 e. The fourth-order valence-electron chi connectivity index (χ4n) is 2.30. The fraction of sp³-hybridized carbons (Fsp3) is 0.312. The van der Waals surface area contributed by atoms with E-state index in [0.29, 0.717) is 34.9 Å². The second-order valence-electron chi connectivity index (χ2n) is 5.41. The number of hydrogen-bond acceptors (Lipinski definition) is 6. The highest BCUT2D eigenvalue weighted by Gasteiger charge is 2.06. The molecule has 0 aliphatic carbocycles. The summed E-state index contributed by atoms with van der Waals surface area (Å²) < 4.78 is 1.47. The maximum absolute atomic E-state index is 12.3. The minimum absolute atomic E-state index is 0.105. The number of amides is 1. The second-order valence-corrected chi connectivity index (χ2v) is 6.47. The Bertz CT molecular complexity index is 936. The van der Waals surface area contributed by atoms with Gasteiger partial charge >= 0.3 is 0 Å². The number of aromatic nitrogens is 5. The molecule has 1 aromatic carbocycles. The summed E-state index contributed by atoms with van der Waals surface area (Å²) in [6.45, 7) is 2.65. The number of carbonyl (C=O) groups is 1. The Kier molecular flexibility index (Phi) is 5.44. The molecule has 2 heterocycles. The number of carbonyl (C=O) groups excluding carboxylic acids is 1. The summed E-state index contributed by atoms with van der Waals surface area (Å²) in [6.07, 6.45) is 1.71. The van der Waals surface area contributed by atoms with E-state index in [9.17, 15) is 9.59 Å². The molecule has 130 valence electrons. The topological polar surface area (TPSA) is 106 Å². The third-order valence-corrected chi connectivity index (χ3v) is 4.39. The van der Waals surface area contributed by atoms with Crippen molar-refractivity contribution in [2.45, 2.75) is 25.0 Å². The Morgan fingerprint density at radius 1 is 1.36 bits per heavy atom. The molecule has 25 heavy (non-hydrogen) atoms. The number of fused-ring (bicyclic) bond motifs is 1. The van der Waals surface area contributed by atoms with Crippen LogP contribution in [0.25, 0.3) is 10.9 Å². The molecule has 8 nitrogen and oxygen atoms in total. The molecule has 0 radical (unpaired) electrons. The molecule has 0 saturated carbocycles. The van der Waals surface area contributed by atoms with Crippen LogP contribution in [0.3, 0.4) is 0 Å². The number of nitrogens with zero attached hydrogens (tertiary/aromatic N) is 4. The maximum Gasteiger partial charge on any atom is 0.261 e. The third kappa shape index (κ3) is 4.44. The molecule has 0 saturated heterocycles. The molecular formula is C16H18N6O2S. The van der Waals surface area contributed by atoms with E-state index >= 15 is 0 Å². The predicted molar refractivity (Wildman–Crippen MR) is 95.5 cm³/mol. The van der Waals surface area contributed by atoms with E-state index in [2.05, 4.69) is 25.5 Å². The van der Waals surface area contributed by atoms with Crippen LogP contribution in [-0.4, -0.2) is 42.9 Å². The average molecular weight is 358 g/mol. The highest BCUT2D eigenvalue weighted by atomic mass is 32.2. The number of nitrogens with one attached hydrogen (secondary N) is 2. The molecule has 0 aliphatic heterocycles. The van der Waals surface area contributed by atoms with Gasteiger partial charge in [0.1, 0.15) is 5.82 Å². The van der Waals surface area contributed by atoms with E-state index in [1.54, 1.807) is 18.2 Å². The molecule has 1 amide bonds. The van der Waals surface area contributed by atoms with Gasteiger partial charge in [-0.1, -0.05) is 23.9 Å². The normalized spacial score (nSPS) is 10.9. The van der Waals surface area contributed by atoms with E-state index in [4.69, 9.17) is 0 Å². The zero-order valence-corrected chi connectivity index (χ0v) is 14.5. The molecule has 0 aliphatic rings. The predicted octanol–water partition coefficient (Wildman–Crippen LogP) is 1.12. The summed E-state index contributed by atoms with van der Waals surface area (Å²) >= 11 is 1.47. The minimum atomic E-state index is -0.131. The Labute approximate surface area is 148 Å². The van der Waals surface area contributed by atoms with Crippen molar-refractivity contribution in [1.29, 1.82) is 0 Å². The van der Waals surface area contributed by atoms with Gasteiger partial charge in [0, 0.05) is 25.3 Å². The van der Waals surface area contributed by atoms with Gasteiger partial charge in [-0.3, -0.25) is 19.3 Å². The van der Waals surface area contributed by atoms with Crippen LogP contribution in [0, 0.1) is 6.92 Å². The molecule has 3 rings (SSSR count). The number of aryl methyl sites for hydroxylation is 2. The fourth-order valence-corrected chi connectivity index (χ4v) is 2.99. The number of benzene rings is 1. The Morgan fingerprint density at radius 2 is 2.20 bits per heavy atom. The van der Waals surface area contributed by atoms with Crippen molar-refractivity contribution in [2.24, 2.45) is 0 Å². The highest BCUT2D eigenvalue weighted by molar-refractivity contribution is 7.99. The van der Waals surface area contributed by atoms with Crippen LogP contribution >= 0.6 is 11.8 Å². The number of para-hydroxylation sites is 1. The van der Waals surface area contributed by atoms with Crippen molar-refractivity contribution < 1.29 is 4.79 Å². The number of aromatic amines is 1. The molecule has 0 spiro atoms. The first-order valence-electron chi connectivity index (χ1n) is 7.86. The number of thioether (sulfide) groups is 1. The number of hydrogen-bond donors (Lipinski definition) is 2. The summed E-state index contributed by atoms with van der Waals surface area (Å²) in [6, 6.07) is 7.17. The van der Waals surface area contributed by atoms with Gasteiger partial charge in [0.15, 0.2) is 0 Å². The third-order valence-electron chi connectivity index (χ3n) is 3.54. The van der Waals surface area contributed by atoms with Crippen LogP contribution in [0.15, 0.2) is 40.5 Å². The lowest BCUT2D eigenvalue weighted by Gasteiger charge is -2.07. The van der Waals surface area contributed by atoms with Gasteiger partial charge in [-0.05, 0) is 19.1 Å². The molecule has 0 atom stereocenters. The molecule has 0 fully saturated rings. The van der Waals surface area contributed by atoms with Crippen molar-refractivity contribution >= 4 is 28.6 Å². The van der Waals surface area contributed by atoms with E-state index in [1.165, 1.54) is 22.7 Å². The molecule has 2 aromatic heterocycles. The van der Waals surface area contributed by atoms with Gasteiger partial charge in [-0.2, -0.15) is 0 Å². The van der Waals surface area contributed by atoms with Crippen LogP contribution in [0.2, 0.25) is 0 Å². The first kappa shape index (κ1) is 17.2. The van der Waals surface area contributed by atoms with E-state index in [0.717, 1.165) is 5.82 Å². The first-order valence-corrected chi connectivity index (χ1v) is 8.85. The van der Waals surface area contributed by atoms with Gasteiger partial charge in [0.2, 0.25) is 11.1 Å². The van der Waals surface area contributed by atoms with Crippen LogP contribution in [-0.2, 0) is 11.3 Å². The van der Waals surface area contributed by atoms with E-state index < -0.39 is 0 Å². The number of H-pyrrole nitrogens is 1. The first-order chi connectivity index (χ1) is 12.1. The van der Waals surface area contributed by atoms with E-state index in [1.807, 2.05) is 13.0 Å². The zero-order chi connectivity index (χ0) is 17.6. The molecular weight excluding hydrogens is 340 g/mol. The van der Waals surface area contributed by atoms with Gasteiger partial charge in [-0.25, -0.2) is 9.97 Å². The van der Waals surface area contributed by atoms with Gasteiger partial charge in [-0.15, -0.1) is 5.10 Å². The van der Waals surface area contributed by atoms with Gasteiger partial charge < -0.3 is 5.32 Å². The van der Waals surface area contributed by atoms with Crippen molar-refractivity contribution in [3.8, 4) is 0 Å².